The van der Waals surface area contributed by atoms with E-state index in [1.54, 1.807) is 0 Å². The van der Waals surface area contributed by atoms with E-state index >= 15 is 0 Å². The minimum Gasteiger partial charge on any atom is -0.289 e. The van der Waals surface area contributed by atoms with Crippen molar-refractivity contribution in [2.75, 3.05) is 0 Å². The van der Waals surface area contributed by atoms with Crippen LogP contribution in [0.15, 0.2) is 66.7 Å². The number of hydrogen-bond acceptors (Lipinski definition) is 1. The monoisotopic (exact) mass is 298 g/mol. The predicted molar refractivity (Wildman–Crippen MR) is 93.1 cm³/mol. The Morgan fingerprint density at radius 3 is 2.52 bits per heavy atom. The van der Waals surface area contributed by atoms with Gasteiger partial charge in [0.2, 0.25) is 0 Å². The first-order chi connectivity index (χ1) is 11.2. The Kier molecular flexibility index (Phi) is 3.34. The normalized spacial score (nSPS) is 12.7. The fourth-order valence-electron chi connectivity index (χ4n) is 3.52. The van der Waals surface area contributed by atoms with Gasteiger partial charge in [0.1, 0.15) is 0 Å². The van der Waals surface area contributed by atoms with Crippen LogP contribution < -0.4 is 0 Å². The van der Waals surface area contributed by atoms with Gasteiger partial charge >= 0.3 is 0 Å². The van der Waals surface area contributed by atoms with Crippen LogP contribution in [-0.2, 0) is 12.8 Å². The van der Waals surface area contributed by atoms with Crippen molar-refractivity contribution in [2.45, 2.75) is 19.8 Å². The van der Waals surface area contributed by atoms with Crippen molar-refractivity contribution in [1.82, 2.24) is 0 Å². The van der Waals surface area contributed by atoms with Crippen LogP contribution in [0.1, 0.15) is 43.7 Å². The lowest BCUT2D eigenvalue weighted by atomic mass is 9.81. The van der Waals surface area contributed by atoms with E-state index in [4.69, 9.17) is 0 Å². The van der Waals surface area contributed by atoms with E-state index in [1.165, 1.54) is 11.1 Å². The van der Waals surface area contributed by atoms with Crippen molar-refractivity contribution in [3.8, 4) is 0 Å². The van der Waals surface area contributed by atoms with Crippen molar-refractivity contribution in [1.29, 1.82) is 0 Å². The standard InChI is InChI=1S/C22H18O/c1-15-6-4-7-16(12-15)13-18-9-5-10-19-14-17-8-2-3-11-20(17)22(23)21(18)19/h2-12H,13-14H2,1H3. The van der Waals surface area contributed by atoms with Crippen LogP contribution in [0.25, 0.3) is 0 Å². The van der Waals surface area contributed by atoms with Gasteiger partial charge in [-0.1, -0.05) is 72.3 Å². The molecule has 0 unspecified atom stereocenters. The molecule has 4 rings (SSSR count). The van der Waals surface area contributed by atoms with Crippen LogP contribution in [0.2, 0.25) is 0 Å². The third-order valence-electron chi connectivity index (χ3n) is 4.58. The fraction of sp³-hybridized carbons (Fsp3) is 0.136. The molecule has 0 fully saturated rings. The molecule has 3 aromatic rings. The Bertz CT molecular complexity index is 905. The van der Waals surface area contributed by atoms with Gasteiger partial charge in [-0.25, -0.2) is 0 Å². The maximum absolute atomic E-state index is 13.0. The highest BCUT2D eigenvalue weighted by atomic mass is 16.1. The van der Waals surface area contributed by atoms with Crippen LogP contribution in [0.3, 0.4) is 0 Å². The second-order valence-corrected chi connectivity index (χ2v) is 6.28. The maximum Gasteiger partial charge on any atom is 0.193 e. The summed E-state index contributed by atoms with van der Waals surface area (Å²) in [6, 6.07) is 22.7. The van der Waals surface area contributed by atoms with E-state index in [2.05, 4.69) is 55.5 Å². The van der Waals surface area contributed by atoms with Crippen molar-refractivity contribution < 1.29 is 4.79 Å². The van der Waals surface area contributed by atoms with E-state index < -0.39 is 0 Å². The van der Waals surface area contributed by atoms with Gasteiger partial charge in [-0.05, 0) is 42.0 Å². The van der Waals surface area contributed by atoms with Crippen molar-refractivity contribution in [3.63, 3.8) is 0 Å². The molecule has 1 heteroatoms. The number of carbonyl (C=O) groups excluding carboxylic acids is 1. The molecule has 0 bridgehead atoms. The molecule has 1 nitrogen and oxygen atoms in total. The molecule has 1 aliphatic carbocycles. The van der Waals surface area contributed by atoms with Crippen LogP contribution in [-0.4, -0.2) is 5.78 Å². The zero-order chi connectivity index (χ0) is 15.8. The van der Waals surface area contributed by atoms with E-state index in [0.717, 1.165) is 40.7 Å². The number of fused-ring (bicyclic) bond motifs is 2. The average Bonchev–Trinajstić information content (AvgIpc) is 2.55. The first-order valence-corrected chi connectivity index (χ1v) is 8.01. The molecule has 0 aliphatic heterocycles. The molecular weight excluding hydrogens is 280 g/mol. The van der Waals surface area contributed by atoms with Crippen molar-refractivity contribution in [2.24, 2.45) is 0 Å². The van der Waals surface area contributed by atoms with Gasteiger partial charge in [0.15, 0.2) is 5.78 Å². The largest absolute Gasteiger partial charge is 0.289 e. The summed E-state index contributed by atoms with van der Waals surface area (Å²) in [5.74, 6) is 0.171. The van der Waals surface area contributed by atoms with E-state index in [-0.39, 0.29) is 5.78 Å². The summed E-state index contributed by atoms with van der Waals surface area (Å²) in [5.41, 5.74) is 7.70. The highest BCUT2D eigenvalue weighted by molar-refractivity contribution is 6.13. The van der Waals surface area contributed by atoms with Gasteiger partial charge < -0.3 is 0 Å². The molecular formula is C22H18O. The summed E-state index contributed by atoms with van der Waals surface area (Å²) < 4.78 is 0. The van der Waals surface area contributed by atoms with Gasteiger partial charge in [0.25, 0.3) is 0 Å². The minimum absolute atomic E-state index is 0.171. The first-order valence-electron chi connectivity index (χ1n) is 8.01. The van der Waals surface area contributed by atoms with Crippen LogP contribution >= 0.6 is 0 Å². The van der Waals surface area contributed by atoms with Crippen molar-refractivity contribution in [3.05, 3.63) is 106 Å². The van der Waals surface area contributed by atoms with Gasteiger partial charge in [-0.3, -0.25) is 4.79 Å². The molecule has 0 heterocycles. The topological polar surface area (TPSA) is 17.1 Å². The van der Waals surface area contributed by atoms with Gasteiger partial charge in [-0.2, -0.15) is 0 Å². The quantitative estimate of drug-likeness (QED) is 0.523. The summed E-state index contributed by atoms with van der Waals surface area (Å²) >= 11 is 0. The highest BCUT2D eigenvalue weighted by Gasteiger charge is 2.25. The Hall–Kier alpha value is -2.67. The van der Waals surface area contributed by atoms with E-state index in [0.29, 0.717) is 0 Å². The third kappa shape index (κ3) is 2.49. The molecule has 0 amide bonds. The SMILES string of the molecule is Cc1cccc(Cc2cccc3c2C(=O)c2ccccc2C3)c1. The number of ketones is 1. The summed E-state index contributed by atoms with van der Waals surface area (Å²) in [4.78, 5) is 13.0. The lowest BCUT2D eigenvalue weighted by Crippen LogP contribution is -2.17. The molecule has 23 heavy (non-hydrogen) atoms. The van der Waals surface area contributed by atoms with Crippen molar-refractivity contribution >= 4 is 5.78 Å². The van der Waals surface area contributed by atoms with Crippen LogP contribution in [0, 0.1) is 6.92 Å². The molecule has 0 radical (unpaired) electrons. The van der Waals surface area contributed by atoms with E-state index in [9.17, 15) is 4.79 Å². The maximum atomic E-state index is 13.0. The zero-order valence-electron chi connectivity index (χ0n) is 13.2. The third-order valence-corrected chi connectivity index (χ3v) is 4.58. The number of rotatable bonds is 2. The summed E-state index contributed by atoms with van der Waals surface area (Å²) in [5, 5.41) is 0. The number of benzene rings is 3. The van der Waals surface area contributed by atoms with E-state index in [1.807, 2.05) is 18.2 Å². The van der Waals surface area contributed by atoms with Crippen LogP contribution in [0.5, 0.6) is 0 Å². The fourth-order valence-corrected chi connectivity index (χ4v) is 3.52. The summed E-state index contributed by atoms with van der Waals surface area (Å²) in [6.07, 6.45) is 1.65. The molecule has 0 atom stereocenters. The molecule has 1 aliphatic rings. The molecule has 112 valence electrons. The Labute approximate surface area is 136 Å². The zero-order valence-corrected chi connectivity index (χ0v) is 13.2. The molecule has 0 saturated carbocycles. The Morgan fingerprint density at radius 2 is 1.65 bits per heavy atom. The summed E-state index contributed by atoms with van der Waals surface area (Å²) in [7, 11) is 0. The lowest BCUT2D eigenvalue weighted by molar-refractivity contribution is 0.103. The highest BCUT2D eigenvalue weighted by Crippen LogP contribution is 2.30. The molecule has 3 aromatic carbocycles. The lowest BCUT2D eigenvalue weighted by Gasteiger charge is -2.21. The minimum atomic E-state index is 0.171. The van der Waals surface area contributed by atoms with Crippen LogP contribution in [0.4, 0.5) is 0 Å². The average molecular weight is 298 g/mol. The molecule has 0 N–H and O–H groups in total. The second-order valence-electron chi connectivity index (χ2n) is 6.28. The Balaban J connectivity index is 1.79. The van der Waals surface area contributed by atoms with Gasteiger partial charge in [0, 0.05) is 11.1 Å². The van der Waals surface area contributed by atoms with Gasteiger partial charge in [0.05, 0.1) is 0 Å². The predicted octanol–water partition coefficient (Wildman–Crippen LogP) is 4.72. The number of carbonyl (C=O) groups is 1. The smallest absolute Gasteiger partial charge is 0.193 e. The number of aryl methyl sites for hydroxylation is 1. The first kappa shape index (κ1) is 14.0. The number of hydrogen-bond donors (Lipinski definition) is 0. The summed E-state index contributed by atoms with van der Waals surface area (Å²) in [6.45, 7) is 2.10. The Morgan fingerprint density at radius 1 is 0.870 bits per heavy atom. The van der Waals surface area contributed by atoms with Gasteiger partial charge in [-0.15, -0.1) is 0 Å². The molecule has 0 spiro atoms. The second kappa shape index (κ2) is 5.51. The molecule has 0 saturated heterocycles. The molecule has 0 aromatic heterocycles.